The summed E-state index contributed by atoms with van der Waals surface area (Å²) in [5.41, 5.74) is 2.27. The summed E-state index contributed by atoms with van der Waals surface area (Å²) in [6.07, 6.45) is 0. The topological polar surface area (TPSA) is 100 Å². The molecule has 3 rings (SSSR count). The van der Waals surface area contributed by atoms with Gasteiger partial charge in [0.15, 0.2) is 11.7 Å². The van der Waals surface area contributed by atoms with Gasteiger partial charge < -0.3 is 23.8 Å². The van der Waals surface area contributed by atoms with E-state index >= 15 is 0 Å². The van der Waals surface area contributed by atoms with Gasteiger partial charge in [0.2, 0.25) is 0 Å². The molecule has 1 heterocycles. The molecule has 0 spiro atoms. The minimum atomic E-state index is -1.29. The lowest BCUT2D eigenvalue weighted by Gasteiger charge is -2.24. The highest BCUT2D eigenvalue weighted by Crippen LogP contribution is 2.23. The van der Waals surface area contributed by atoms with Crippen molar-refractivity contribution in [2.75, 3.05) is 32.3 Å². The molecule has 9 nitrogen and oxygen atoms in total. The quantitative estimate of drug-likeness (QED) is 0.275. The van der Waals surface area contributed by atoms with Crippen molar-refractivity contribution in [2.45, 2.75) is 32.9 Å². The minimum Gasteiger partial charge on any atom is -0.497 e. The van der Waals surface area contributed by atoms with Crippen molar-refractivity contribution >= 4 is 17.8 Å². The smallest absolute Gasteiger partial charge is 0.326 e. The van der Waals surface area contributed by atoms with Crippen LogP contribution < -0.4 is 14.4 Å². The summed E-state index contributed by atoms with van der Waals surface area (Å²) >= 11 is 0. The van der Waals surface area contributed by atoms with Gasteiger partial charge in [0.05, 0.1) is 33.1 Å². The molecule has 1 aromatic heterocycles. The maximum atomic E-state index is 12.4. The van der Waals surface area contributed by atoms with Crippen molar-refractivity contribution in [3.8, 4) is 11.5 Å². The Hall–Kier alpha value is -4.14. The fraction of sp³-hybridized carbons (Fsp3) is 0.333. The Labute approximate surface area is 211 Å². The summed E-state index contributed by atoms with van der Waals surface area (Å²) in [5.74, 6) is -0.597. The zero-order valence-electron chi connectivity index (χ0n) is 21.0. The third-order valence-electron chi connectivity index (χ3n) is 5.40. The third-order valence-corrected chi connectivity index (χ3v) is 5.40. The molecule has 0 aliphatic rings. The van der Waals surface area contributed by atoms with Crippen LogP contribution in [0, 0.1) is 0 Å². The average Bonchev–Trinajstić information content (AvgIpc) is 2.90. The molecular weight excluding hydrogens is 462 g/mol. The van der Waals surface area contributed by atoms with Gasteiger partial charge in [-0.2, -0.15) is 5.10 Å². The summed E-state index contributed by atoms with van der Waals surface area (Å²) in [6.45, 7) is 4.71. The Morgan fingerprint density at radius 3 is 1.56 bits per heavy atom. The van der Waals surface area contributed by atoms with Crippen LogP contribution in [0.4, 0.5) is 5.82 Å². The number of hydrogen-bond acceptors (Lipinski definition) is 9. The highest BCUT2D eigenvalue weighted by molar-refractivity contribution is 6.00. The predicted octanol–water partition coefficient (Wildman–Crippen LogP) is 3.91. The number of nitrogens with zero attached hydrogens (tertiary/aromatic N) is 3. The third kappa shape index (κ3) is 6.94. The molecule has 0 unspecified atom stereocenters. The molecule has 0 bridgehead atoms. The van der Waals surface area contributed by atoms with E-state index in [1.165, 1.54) is 0 Å². The number of hydrogen-bond donors (Lipinski definition) is 0. The van der Waals surface area contributed by atoms with Crippen LogP contribution in [-0.2, 0) is 32.2 Å². The van der Waals surface area contributed by atoms with E-state index in [1.807, 2.05) is 53.4 Å². The molecule has 190 valence electrons. The Bertz CT molecular complexity index is 1050. The largest absolute Gasteiger partial charge is 0.497 e. The molecule has 3 aromatic rings. The van der Waals surface area contributed by atoms with Crippen molar-refractivity contribution in [3.63, 3.8) is 0 Å². The van der Waals surface area contributed by atoms with E-state index in [1.54, 1.807) is 40.2 Å². The lowest BCUT2D eigenvalue weighted by atomic mass is 10.1. The van der Waals surface area contributed by atoms with Gasteiger partial charge in [0.25, 0.3) is 0 Å². The first-order valence-electron chi connectivity index (χ1n) is 11.7. The fourth-order valence-electron chi connectivity index (χ4n) is 3.57. The van der Waals surface area contributed by atoms with Crippen LogP contribution in [0.2, 0.25) is 0 Å². The number of ether oxygens (including phenoxy) is 4. The van der Waals surface area contributed by atoms with Crippen LogP contribution >= 0.6 is 0 Å². The number of aromatic nitrogens is 2. The van der Waals surface area contributed by atoms with Gasteiger partial charge in [0, 0.05) is 13.1 Å². The molecule has 0 amide bonds. The second-order valence-corrected chi connectivity index (χ2v) is 7.81. The predicted molar refractivity (Wildman–Crippen MR) is 134 cm³/mol. The molecule has 0 fully saturated rings. The van der Waals surface area contributed by atoms with Crippen molar-refractivity contribution in [3.05, 3.63) is 77.5 Å². The van der Waals surface area contributed by atoms with Gasteiger partial charge in [0.1, 0.15) is 11.5 Å². The van der Waals surface area contributed by atoms with Gasteiger partial charge in [-0.1, -0.05) is 24.3 Å². The molecule has 36 heavy (non-hydrogen) atoms. The summed E-state index contributed by atoms with van der Waals surface area (Å²) in [4.78, 5) is 26.9. The Balaban J connectivity index is 1.90. The van der Waals surface area contributed by atoms with Gasteiger partial charge >= 0.3 is 11.9 Å². The van der Waals surface area contributed by atoms with Crippen LogP contribution in [-0.4, -0.2) is 49.6 Å². The zero-order valence-corrected chi connectivity index (χ0v) is 21.0. The van der Waals surface area contributed by atoms with E-state index < -0.39 is 17.9 Å². The van der Waals surface area contributed by atoms with Gasteiger partial charge in [-0.05, 0) is 61.4 Å². The van der Waals surface area contributed by atoms with E-state index in [0.29, 0.717) is 18.9 Å². The van der Waals surface area contributed by atoms with E-state index in [4.69, 9.17) is 18.9 Å². The van der Waals surface area contributed by atoms with Crippen LogP contribution in [0.3, 0.4) is 0 Å². The van der Waals surface area contributed by atoms with Crippen LogP contribution in [0.15, 0.2) is 60.7 Å². The first-order chi connectivity index (χ1) is 17.5. The van der Waals surface area contributed by atoms with Crippen molar-refractivity contribution < 1.29 is 28.5 Å². The number of methoxy groups -OCH3 is 2. The number of carbonyl (C=O) groups is 2. The summed E-state index contributed by atoms with van der Waals surface area (Å²) in [6, 6.07) is 18.9. The highest BCUT2D eigenvalue weighted by Gasteiger charge is 2.33. The molecule has 0 radical (unpaired) electrons. The van der Waals surface area contributed by atoms with Crippen LogP contribution in [0.25, 0.3) is 0 Å². The summed E-state index contributed by atoms with van der Waals surface area (Å²) in [7, 11) is 3.25. The lowest BCUT2D eigenvalue weighted by Crippen LogP contribution is -2.28. The van der Waals surface area contributed by atoms with Gasteiger partial charge in [-0.15, -0.1) is 5.10 Å². The molecule has 0 N–H and O–H groups in total. The van der Waals surface area contributed by atoms with E-state index in [0.717, 1.165) is 22.6 Å². The number of anilines is 1. The summed E-state index contributed by atoms with van der Waals surface area (Å²) < 4.78 is 20.6. The van der Waals surface area contributed by atoms with Crippen molar-refractivity contribution in [1.29, 1.82) is 0 Å². The average molecular weight is 494 g/mol. The van der Waals surface area contributed by atoms with E-state index in [2.05, 4.69) is 10.2 Å². The Kier molecular flexibility index (Phi) is 9.62. The number of rotatable bonds is 12. The Morgan fingerprint density at radius 1 is 0.722 bits per heavy atom. The second-order valence-electron chi connectivity index (χ2n) is 7.81. The van der Waals surface area contributed by atoms with Crippen LogP contribution in [0.1, 0.15) is 36.6 Å². The number of esters is 2. The molecule has 0 aliphatic carbocycles. The normalized spacial score (nSPS) is 10.6. The fourth-order valence-corrected chi connectivity index (χ4v) is 3.57. The molecule has 9 heteroatoms. The standard InChI is InChI=1S/C27H31N3O6/c1-5-35-26(31)25(27(32)36-6-2)23-15-16-24(29-28-23)30(17-19-7-11-21(33-3)12-8-19)18-20-9-13-22(34-4)14-10-20/h7-16,25H,5-6,17-18H2,1-4H3. The lowest BCUT2D eigenvalue weighted by molar-refractivity contribution is -0.157. The SMILES string of the molecule is CCOC(=O)C(C(=O)OCC)c1ccc(N(Cc2ccc(OC)cc2)Cc2ccc(OC)cc2)nn1. The summed E-state index contributed by atoms with van der Waals surface area (Å²) in [5, 5.41) is 8.57. The second kappa shape index (κ2) is 13.1. The van der Waals surface area contributed by atoms with Gasteiger partial charge in [-0.25, -0.2) is 0 Å². The first kappa shape index (κ1) is 26.5. The molecule has 0 saturated heterocycles. The molecule has 0 atom stereocenters. The van der Waals surface area contributed by atoms with Crippen molar-refractivity contribution in [2.24, 2.45) is 0 Å². The van der Waals surface area contributed by atoms with Crippen LogP contribution in [0.5, 0.6) is 11.5 Å². The van der Waals surface area contributed by atoms with E-state index in [-0.39, 0.29) is 18.9 Å². The Morgan fingerprint density at radius 2 is 1.19 bits per heavy atom. The van der Waals surface area contributed by atoms with Gasteiger partial charge in [-0.3, -0.25) is 9.59 Å². The molecular formula is C27H31N3O6. The van der Waals surface area contributed by atoms with Crippen molar-refractivity contribution in [1.82, 2.24) is 10.2 Å². The number of benzene rings is 2. The molecule has 0 saturated carbocycles. The highest BCUT2D eigenvalue weighted by atomic mass is 16.6. The molecule has 0 aliphatic heterocycles. The maximum absolute atomic E-state index is 12.4. The van der Waals surface area contributed by atoms with E-state index in [9.17, 15) is 9.59 Å². The zero-order chi connectivity index (χ0) is 25.9. The number of carbonyl (C=O) groups excluding carboxylic acids is 2. The minimum absolute atomic E-state index is 0.137. The molecule has 2 aromatic carbocycles. The first-order valence-corrected chi connectivity index (χ1v) is 11.7. The monoisotopic (exact) mass is 493 g/mol. The maximum Gasteiger partial charge on any atom is 0.326 e.